The highest BCUT2D eigenvalue weighted by molar-refractivity contribution is 7.02. The molecule has 3 aliphatic rings. The van der Waals surface area contributed by atoms with E-state index in [0.717, 1.165) is 6.42 Å². The van der Waals surface area contributed by atoms with Crippen molar-refractivity contribution in [1.29, 1.82) is 0 Å². The minimum absolute atomic E-state index is 0.0597. The Morgan fingerprint density at radius 2 is 0.869 bits per heavy atom. The van der Waals surface area contributed by atoms with E-state index in [1.807, 2.05) is 0 Å². The van der Waals surface area contributed by atoms with Crippen molar-refractivity contribution in [2.75, 3.05) is 0 Å². The molecule has 0 unspecified atom stereocenters. The fourth-order valence-corrected chi connectivity index (χ4v) is 13.3. The Bertz CT molecular complexity index is 3500. The smallest absolute Gasteiger partial charge is 0.247 e. The van der Waals surface area contributed by atoms with Gasteiger partial charge in [0.25, 0.3) is 0 Å². The zero-order valence-corrected chi connectivity index (χ0v) is 36.1. The highest BCUT2D eigenvalue weighted by Gasteiger charge is 2.43. The molecule has 13 rings (SSSR count). The molecule has 0 atom stereocenters. The largest absolute Gasteiger partial charge is 0.311 e. The van der Waals surface area contributed by atoms with E-state index in [1.54, 1.807) is 11.1 Å². The average Bonchev–Trinajstić information content (AvgIpc) is 3.62. The van der Waals surface area contributed by atoms with Gasteiger partial charge < -0.3 is 4.57 Å². The average molecular weight is 780 g/mol. The van der Waals surface area contributed by atoms with Crippen molar-refractivity contribution in [3.63, 3.8) is 0 Å². The fourth-order valence-electron chi connectivity index (χ4n) is 13.3. The summed E-state index contributed by atoms with van der Waals surface area (Å²) in [5, 5.41) is 8.65. The third kappa shape index (κ3) is 4.65. The van der Waals surface area contributed by atoms with Crippen molar-refractivity contribution in [3.8, 4) is 27.9 Å². The van der Waals surface area contributed by atoms with E-state index in [-0.39, 0.29) is 13.4 Å². The van der Waals surface area contributed by atoms with Crippen molar-refractivity contribution >= 4 is 89.6 Å². The number of hydrogen-bond acceptors (Lipinski definition) is 0. The predicted octanol–water partition coefficient (Wildman–Crippen LogP) is 10.3. The molecule has 3 heteroatoms. The lowest BCUT2D eigenvalue weighted by Crippen LogP contribution is -2.63. The zero-order chi connectivity index (χ0) is 41.0. The van der Waals surface area contributed by atoms with Gasteiger partial charge in [-0.15, -0.1) is 0 Å². The van der Waals surface area contributed by atoms with Gasteiger partial charge in [0.05, 0.1) is 0 Å². The Balaban J connectivity index is 1.21. The summed E-state index contributed by atoms with van der Waals surface area (Å²) in [6.45, 7) is 13.8. The summed E-state index contributed by atoms with van der Waals surface area (Å²) in [7, 11) is 0. The van der Waals surface area contributed by atoms with Gasteiger partial charge in [-0.1, -0.05) is 149 Å². The van der Waals surface area contributed by atoms with Crippen molar-refractivity contribution in [2.24, 2.45) is 0 Å². The number of hydrogen-bond donors (Lipinski definition) is 0. The van der Waals surface area contributed by atoms with Gasteiger partial charge in [-0.25, -0.2) is 0 Å². The van der Waals surface area contributed by atoms with Crippen molar-refractivity contribution < 1.29 is 0 Å². The third-order valence-corrected chi connectivity index (χ3v) is 15.2. The van der Waals surface area contributed by atoms with E-state index in [4.69, 9.17) is 0 Å². The second-order valence-corrected chi connectivity index (χ2v) is 18.9. The molecule has 290 valence electrons. The summed E-state index contributed by atoms with van der Waals surface area (Å²) in [4.78, 5) is 0. The first-order valence-corrected chi connectivity index (χ1v) is 22.6. The van der Waals surface area contributed by atoms with Gasteiger partial charge in [0, 0.05) is 27.5 Å². The van der Waals surface area contributed by atoms with Gasteiger partial charge in [-0.05, 0) is 166 Å². The molecule has 0 N–H and O–H groups in total. The van der Waals surface area contributed by atoms with Crippen LogP contribution in [-0.2, 0) is 12.8 Å². The number of benzene rings is 9. The second-order valence-electron chi connectivity index (χ2n) is 18.9. The van der Waals surface area contributed by atoms with Gasteiger partial charge in [-0.3, -0.25) is 0 Å². The van der Waals surface area contributed by atoms with Crippen LogP contribution < -0.4 is 32.8 Å². The Labute approximate surface area is 359 Å². The van der Waals surface area contributed by atoms with E-state index in [2.05, 4.69) is 174 Å². The van der Waals surface area contributed by atoms with Crippen LogP contribution in [-0.4, -0.2) is 18.0 Å². The molecule has 0 amide bonds. The summed E-state index contributed by atoms with van der Waals surface area (Å²) in [5.41, 5.74) is 29.2. The lowest BCUT2D eigenvalue weighted by molar-refractivity contribution is 0.690. The van der Waals surface area contributed by atoms with Crippen LogP contribution in [0.5, 0.6) is 0 Å². The zero-order valence-electron chi connectivity index (χ0n) is 36.1. The second kappa shape index (κ2) is 12.6. The molecular weight excluding hydrogens is 732 g/mol. The summed E-state index contributed by atoms with van der Waals surface area (Å²) in [5.74, 6) is 0. The number of para-hydroxylation sites is 1. The van der Waals surface area contributed by atoms with Gasteiger partial charge in [0.15, 0.2) is 0 Å². The molecule has 1 nitrogen and oxygen atoms in total. The molecule has 0 spiro atoms. The first-order valence-electron chi connectivity index (χ1n) is 22.6. The molecule has 10 aromatic rings. The van der Waals surface area contributed by atoms with Gasteiger partial charge in [-0.2, -0.15) is 0 Å². The SMILES string of the molecule is Cc1cc(C)c(-c2ccccc2B2c3cccc4c3-n3c5c2ccc2c6ccc7c(c6c6ccc(c3c6c25)B4c2ccccc2-c2c(C)cc(C)cc2C)CCCC7)c(C)c1. The van der Waals surface area contributed by atoms with E-state index < -0.39 is 0 Å². The minimum atomic E-state index is 0.0597. The molecule has 2 aliphatic heterocycles. The monoisotopic (exact) mass is 779 g/mol. The number of fused-ring (bicyclic) bond motifs is 5. The Morgan fingerprint density at radius 1 is 0.410 bits per heavy atom. The van der Waals surface area contributed by atoms with Gasteiger partial charge >= 0.3 is 0 Å². The molecule has 0 saturated heterocycles. The highest BCUT2D eigenvalue weighted by atomic mass is 15.0. The van der Waals surface area contributed by atoms with Crippen molar-refractivity contribution in [2.45, 2.75) is 67.2 Å². The number of rotatable bonds is 4. The van der Waals surface area contributed by atoms with E-state index in [9.17, 15) is 0 Å². The summed E-state index contributed by atoms with van der Waals surface area (Å²) >= 11 is 0. The van der Waals surface area contributed by atoms with Crippen LogP contribution in [0.3, 0.4) is 0 Å². The number of aryl methyl sites for hydroxylation is 8. The normalized spacial score (nSPS) is 14.1. The van der Waals surface area contributed by atoms with E-state index >= 15 is 0 Å². The minimum Gasteiger partial charge on any atom is -0.311 e. The Kier molecular flexibility index (Phi) is 7.33. The number of nitrogens with zero attached hydrogens (tertiary/aromatic N) is 1. The van der Waals surface area contributed by atoms with Crippen LogP contribution in [0, 0.1) is 41.5 Å². The molecule has 3 heterocycles. The van der Waals surface area contributed by atoms with Crippen LogP contribution in [0.15, 0.2) is 127 Å². The van der Waals surface area contributed by atoms with Crippen LogP contribution in [0.25, 0.3) is 71.3 Å². The highest BCUT2D eigenvalue weighted by Crippen LogP contribution is 2.47. The third-order valence-electron chi connectivity index (χ3n) is 15.2. The topological polar surface area (TPSA) is 4.93 Å². The molecular formula is C58H47B2N. The van der Waals surface area contributed by atoms with Gasteiger partial charge in [0.1, 0.15) is 0 Å². The quantitative estimate of drug-likeness (QED) is 0.124. The van der Waals surface area contributed by atoms with E-state index in [1.165, 1.54) is 157 Å². The lowest BCUT2D eigenvalue weighted by Gasteiger charge is -2.35. The summed E-state index contributed by atoms with van der Waals surface area (Å²) in [6.07, 6.45) is 4.89. The van der Waals surface area contributed by atoms with Crippen LogP contribution >= 0.6 is 0 Å². The number of aromatic nitrogens is 1. The van der Waals surface area contributed by atoms with Crippen molar-refractivity contribution in [3.05, 3.63) is 172 Å². The first-order chi connectivity index (χ1) is 29.8. The van der Waals surface area contributed by atoms with Crippen LogP contribution in [0.1, 0.15) is 57.3 Å². The Hall–Kier alpha value is -6.31. The van der Waals surface area contributed by atoms with Gasteiger partial charge in [0.2, 0.25) is 13.4 Å². The molecule has 0 bridgehead atoms. The fraction of sp³-hybridized carbons (Fsp3) is 0.172. The Morgan fingerprint density at radius 3 is 1.44 bits per heavy atom. The predicted molar refractivity (Wildman–Crippen MR) is 265 cm³/mol. The molecule has 1 aliphatic carbocycles. The van der Waals surface area contributed by atoms with Crippen molar-refractivity contribution in [1.82, 2.24) is 4.57 Å². The molecule has 0 saturated carbocycles. The maximum absolute atomic E-state index is 2.76. The lowest BCUT2D eigenvalue weighted by atomic mass is 9.30. The van der Waals surface area contributed by atoms with Crippen LogP contribution in [0.2, 0.25) is 0 Å². The molecule has 9 aromatic carbocycles. The maximum atomic E-state index is 2.76. The summed E-state index contributed by atoms with van der Waals surface area (Å²) < 4.78 is 2.76. The molecule has 61 heavy (non-hydrogen) atoms. The maximum Gasteiger partial charge on any atom is 0.247 e. The summed E-state index contributed by atoms with van der Waals surface area (Å²) in [6, 6.07) is 50.4. The molecule has 1 aromatic heterocycles. The van der Waals surface area contributed by atoms with Crippen LogP contribution in [0.4, 0.5) is 0 Å². The molecule has 0 radical (unpaired) electrons. The van der Waals surface area contributed by atoms with E-state index in [0.29, 0.717) is 0 Å². The standard InChI is InChI=1S/C58H47B2N/c1-32-28-34(3)51(35(4)29-32)42-16-9-11-18-45(42)59-47-20-13-21-48-56(47)61-57-49(59)26-24-41-40-23-22-38-14-7-8-15-39(38)53(40)44-25-27-50(58(61)55(44)54(41)57)60(48)46-19-12-10-17-43(46)52-36(5)30-33(2)31-37(52)6/h9-13,16-31H,7-8,14-15H2,1-6H3. The first kappa shape index (κ1) is 35.4. The molecule has 0 fully saturated rings.